The van der Waals surface area contributed by atoms with E-state index in [9.17, 15) is 0 Å². The van der Waals surface area contributed by atoms with Gasteiger partial charge in [0.15, 0.2) is 0 Å². The molecular formula is C22H26N4. The molecule has 2 heterocycles. The SMILES string of the molecule is Cc1c2ccncc2c(C)c2c1[nH]c1ccc(CNCCN(C)C)cc12. The number of nitrogens with one attached hydrogen (secondary N) is 2. The molecule has 134 valence electrons. The zero-order chi connectivity index (χ0) is 18.3. The number of aromatic nitrogens is 2. The van der Waals surface area contributed by atoms with E-state index in [0.29, 0.717) is 0 Å². The van der Waals surface area contributed by atoms with Crippen molar-refractivity contribution in [2.75, 3.05) is 27.2 Å². The summed E-state index contributed by atoms with van der Waals surface area (Å²) in [5.74, 6) is 0. The molecule has 4 aromatic rings. The summed E-state index contributed by atoms with van der Waals surface area (Å²) in [6.07, 6.45) is 3.86. The molecule has 26 heavy (non-hydrogen) atoms. The second-order valence-corrected chi connectivity index (χ2v) is 7.41. The maximum atomic E-state index is 4.34. The van der Waals surface area contributed by atoms with Gasteiger partial charge in [-0.3, -0.25) is 4.98 Å². The highest BCUT2D eigenvalue weighted by molar-refractivity contribution is 6.16. The fourth-order valence-corrected chi connectivity index (χ4v) is 3.84. The lowest BCUT2D eigenvalue weighted by atomic mass is 9.96. The van der Waals surface area contributed by atoms with E-state index in [4.69, 9.17) is 0 Å². The number of benzene rings is 2. The van der Waals surface area contributed by atoms with Crippen molar-refractivity contribution < 1.29 is 0 Å². The molecule has 0 aliphatic heterocycles. The van der Waals surface area contributed by atoms with Crippen LogP contribution in [0.2, 0.25) is 0 Å². The third kappa shape index (κ3) is 2.85. The van der Waals surface area contributed by atoms with Crippen LogP contribution in [0.5, 0.6) is 0 Å². The highest BCUT2D eigenvalue weighted by atomic mass is 15.1. The van der Waals surface area contributed by atoms with Crippen molar-refractivity contribution in [3.05, 3.63) is 53.3 Å². The molecule has 0 saturated carbocycles. The summed E-state index contributed by atoms with van der Waals surface area (Å²) in [4.78, 5) is 10.2. The summed E-state index contributed by atoms with van der Waals surface area (Å²) in [6.45, 7) is 7.34. The molecule has 0 radical (unpaired) electrons. The average Bonchev–Trinajstić information content (AvgIpc) is 3.02. The number of rotatable bonds is 5. The van der Waals surface area contributed by atoms with Gasteiger partial charge in [-0.25, -0.2) is 0 Å². The van der Waals surface area contributed by atoms with Crippen LogP contribution < -0.4 is 5.32 Å². The lowest BCUT2D eigenvalue weighted by Gasteiger charge is -2.10. The summed E-state index contributed by atoms with van der Waals surface area (Å²) in [6, 6.07) is 8.86. The minimum atomic E-state index is 0.892. The third-order valence-electron chi connectivity index (χ3n) is 5.31. The number of aromatic amines is 1. The van der Waals surface area contributed by atoms with Gasteiger partial charge >= 0.3 is 0 Å². The summed E-state index contributed by atoms with van der Waals surface area (Å²) < 4.78 is 0. The Hall–Kier alpha value is -2.43. The van der Waals surface area contributed by atoms with Gasteiger partial charge in [0.2, 0.25) is 0 Å². The Bertz CT molecular complexity index is 1090. The van der Waals surface area contributed by atoms with E-state index in [1.165, 1.54) is 49.3 Å². The van der Waals surface area contributed by atoms with Crippen molar-refractivity contribution in [2.45, 2.75) is 20.4 Å². The fraction of sp³-hybridized carbons (Fsp3) is 0.318. The smallest absolute Gasteiger partial charge is 0.0503 e. The molecule has 4 nitrogen and oxygen atoms in total. The lowest BCUT2D eigenvalue weighted by Crippen LogP contribution is -2.26. The van der Waals surface area contributed by atoms with Crippen LogP contribution in [0.1, 0.15) is 16.7 Å². The minimum absolute atomic E-state index is 0.892. The molecule has 0 amide bonds. The Kier molecular flexibility index (Phi) is 4.39. The number of hydrogen-bond donors (Lipinski definition) is 2. The quantitative estimate of drug-likeness (QED) is 0.534. The van der Waals surface area contributed by atoms with Gasteiger partial charge in [-0.1, -0.05) is 6.07 Å². The largest absolute Gasteiger partial charge is 0.354 e. The monoisotopic (exact) mass is 346 g/mol. The van der Waals surface area contributed by atoms with Gasteiger partial charge in [0.25, 0.3) is 0 Å². The Morgan fingerprint density at radius 2 is 1.88 bits per heavy atom. The van der Waals surface area contributed by atoms with E-state index < -0.39 is 0 Å². The van der Waals surface area contributed by atoms with Crippen molar-refractivity contribution >= 4 is 32.6 Å². The highest BCUT2D eigenvalue weighted by Crippen LogP contribution is 2.36. The predicted octanol–water partition coefficient (Wildman–Crippen LogP) is 4.14. The minimum Gasteiger partial charge on any atom is -0.354 e. The zero-order valence-corrected chi connectivity index (χ0v) is 16.0. The Labute approximate surface area is 154 Å². The number of fused-ring (bicyclic) bond motifs is 4. The van der Waals surface area contributed by atoms with E-state index >= 15 is 0 Å². The van der Waals surface area contributed by atoms with E-state index in [1.54, 1.807) is 0 Å². The van der Waals surface area contributed by atoms with E-state index in [-0.39, 0.29) is 0 Å². The number of hydrogen-bond acceptors (Lipinski definition) is 3. The zero-order valence-electron chi connectivity index (χ0n) is 16.0. The van der Waals surface area contributed by atoms with E-state index in [1.807, 2.05) is 12.4 Å². The summed E-state index contributed by atoms with van der Waals surface area (Å²) in [5, 5.41) is 8.69. The van der Waals surface area contributed by atoms with Crippen LogP contribution in [0.4, 0.5) is 0 Å². The lowest BCUT2D eigenvalue weighted by molar-refractivity contribution is 0.400. The van der Waals surface area contributed by atoms with Crippen molar-refractivity contribution in [3.63, 3.8) is 0 Å². The molecular weight excluding hydrogens is 320 g/mol. The summed E-state index contributed by atoms with van der Waals surface area (Å²) >= 11 is 0. The summed E-state index contributed by atoms with van der Waals surface area (Å²) in [5.41, 5.74) is 6.36. The number of H-pyrrole nitrogens is 1. The van der Waals surface area contributed by atoms with E-state index in [0.717, 1.165) is 19.6 Å². The predicted molar refractivity (Wildman–Crippen MR) is 111 cm³/mol. The molecule has 0 saturated heterocycles. The van der Waals surface area contributed by atoms with Crippen LogP contribution in [-0.2, 0) is 6.54 Å². The molecule has 0 aliphatic rings. The first-order chi connectivity index (χ1) is 12.6. The molecule has 2 aromatic heterocycles. The second-order valence-electron chi connectivity index (χ2n) is 7.41. The van der Waals surface area contributed by atoms with Crippen molar-refractivity contribution in [1.82, 2.24) is 20.2 Å². The molecule has 4 rings (SSSR count). The van der Waals surface area contributed by atoms with Crippen molar-refractivity contribution in [1.29, 1.82) is 0 Å². The van der Waals surface area contributed by atoms with Crippen LogP contribution >= 0.6 is 0 Å². The van der Waals surface area contributed by atoms with Crippen molar-refractivity contribution in [3.8, 4) is 0 Å². The normalized spacial score (nSPS) is 12.0. The van der Waals surface area contributed by atoms with Gasteiger partial charge < -0.3 is 15.2 Å². The van der Waals surface area contributed by atoms with Crippen LogP contribution in [0, 0.1) is 13.8 Å². The first-order valence-electron chi connectivity index (χ1n) is 9.19. The van der Waals surface area contributed by atoms with Gasteiger partial charge in [-0.2, -0.15) is 0 Å². The molecule has 0 fully saturated rings. The van der Waals surface area contributed by atoms with Gasteiger partial charge in [0, 0.05) is 53.7 Å². The molecule has 2 N–H and O–H groups in total. The van der Waals surface area contributed by atoms with Gasteiger partial charge in [-0.05, 0) is 68.2 Å². The number of pyridine rings is 1. The van der Waals surface area contributed by atoms with Gasteiger partial charge in [0.1, 0.15) is 0 Å². The number of likely N-dealkylation sites (N-methyl/N-ethyl adjacent to an activating group) is 1. The maximum Gasteiger partial charge on any atom is 0.0503 e. The number of nitrogens with zero attached hydrogens (tertiary/aromatic N) is 2. The Balaban J connectivity index is 1.81. The maximum absolute atomic E-state index is 4.34. The first kappa shape index (κ1) is 17.0. The summed E-state index contributed by atoms with van der Waals surface area (Å²) in [7, 11) is 4.20. The average molecular weight is 346 g/mol. The Morgan fingerprint density at radius 3 is 2.69 bits per heavy atom. The molecule has 0 atom stereocenters. The van der Waals surface area contributed by atoms with E-state index in [2.05, 4.69) is 72.4 Å². The molecule has 2 aromatic carbocycles. The van der Waals surface area contributed by atoms with Crippen LogP contribution in [0.3, 0.4) is 0 Å². The fourth-order valence-electron chi connectivity index (χ4n) is 3.84. The third-order valence-corrected chi connectivity index (χ3v) is 5.31. The van der Waals surface area contributed by atoms with Crippen LogP contribution in [0.25, 0.3) is 32.6 Å². The number of aryl methyl sites for hydroxylation is 2. The first-order valence-corrected chi connectivity index (χ1v) is 9.19. The standard InChI is InChI=1S/C22H26N4/c1-14-19-13-23-8-7-17(19)15(2)22-21(14)18-11-16(5-6-20(18)25-22)12-24-9-10-26(3)4/h5-8,11,13,24-25H,9-10,12H2,1-4H3. The van der Waals surface area contributed by atoms with Crippen molar-refractivity contribution in [2.24, 2.45) is 0 Å². The molecule has 0 bridgehead atoms. The Morgan fingerprint density at radius 1 is 1.04 bits per heavy atom. The van der Waals surface area contributed by atoms with Crippen LogP contribution in [0.15, 0.2) is 36.7 Å². The highest BCUT2D eigenvalue weighted by Gasteiger charge is 2.14. The second kappa shape index (κ2) is 6.71. The van der Waals surface area contributed by atoms with Gasteiger partial charge in [-0.15, -0.1) is 0 Å². The molecule has 0 spiro atoms. The molecule has 0 unspecified atom stereocenters. The molecule has 4 heteroatoms. The van der Waals surface area contributed by atoms with Gasteiger partial charge in [0.05, 0.1) is 5.52 Å². The molecule has 0 aliphatic carbocycles. The topological polar surface area (TPSA) is 44.0 Å². The van der Waals surface area contributed by atoms with Crippen LogP contribution in [-0.4, -0.2) is 42.1 Å².